The van der Waals surface area contributed by atoms with Gasteiger partial charge in [-0.3, -0.25) is 19.1 Å². The summed E-state index contributed by atoms with van der Waals surface area (Å²) in [6.45, 7) is 2.90. The molecule has 3 N–H and O–H groups in total. The molecule has 10 nitrogen and oxygen atoms in total. The third kappa shape index (κ3) is 9.74. The summed E-state index contributed by atoms with van der Waals surface area (Å²) in [5.41, 5.74) is 0.800. The maximum Gasteiger partial charge on any atom is 0.270 e. The first-order valence-electron chi connectivity index (χ1n) is 18.8. The normalized spacial score (nSPS) is 21.0. The topological polar surface area (TPSA) is 125 Å². The Hall–Kier alpha value is -4.04. The van der Waals surface area contributed by atoms with Crippen molar-refractivity contribution in [3.63, 3.8) is 0 Å². The van der Waals surface area contributed by atoms with E-state index in [0.29, 0.717) is 48.5 Å². The molecule has 53 heavy (non-hydrogen) atoms. The van der Waals surface area contributed by atoms with Gasteiger partial charge in [0.05, 0.1) is 11.7 Å². The Bertz CT molecular complexity index is 1580. The Kier molecular flexibility index (Phi) is 13.2. The number of amides is 3. The smallest absolute Gasteiger partial charge is 0.270 e. The number of likely N-dealkylation sites (tertiary alicyclic amines) is 1. The first kappa shape index (κ1) is 40.2. The number of carbonyl (C=O) groups is 4. The van der Waals surface area contributed by atoms with Crippen LogP contribution in [0.4, 0.5) is 27.6 Å². The number of halogens is 5. The minimum atomic E-state index is -2.64. The highest BCUT2D eigenvalue weighted by Crippen LogP contribution is 2.52. The molecule has 4 aliphatic rings. The average Bonchev–Trinajstić information content (AvgIpc) is 3.80. The maximum absolute atomic E-state index is 14.4. The first-order chi connectivity index (χ1) is 25.3. The lowest BCUT2D eigenvalue weighted by Gasteiger charge is -2.37. The summed E-state index contributed by atoms with van der Waals surface area (Å²) < 4.78 is 68.4. The average molecular weight is 751 g/mol. The van der Waals surface area contributed by atoms with Crippen LogP contribution in [-0.4, -0.2) is 83.3 Å². The van der Waals surface area contributed by atoms with Gasteiger partial charge >= 0.3 is 0 Å². The molecule has 3 saturated carbocycles. The van der Waals surface area contributed by atoms with Crippen molar-refractivity contribution in [3.8, 4) is 0 Å². The van der Waals surface area contributed by atoms with Gasteiger partial charge in [0, 0.05) is 63.5 Å². The fourth-order valence-electron chi connectivity index (χ4n) is 7.66. The van der Waals surface area contributed by atoms with Crippen molar-refractivity contribution in [1.82, 2.24) is 25.3 Å². The molecule has 1 aromatic heterocycles. The van der Waals surface area contributed by atoms with Crippen LogP contribution >= 0.6 is 0 Å². The second-order valence-corrected chi connectivity index (χ2v) is 15.0. The zero-order valence-electron chi connectivity index (χ0n) is 30.4. The molecule has 6 rings (SSSR count). The van der Waals surface area contributed by atoms with Crippen molar-refractivity contribution in [2.45, 2.75) is 120 Å². The molecule has 3 amide bonds. The molecule has 2 aromatic rings. The monoisotopic (exact) mass is 750 g/mol. The van der Waals surface area contributed by atoms with Gasteiger partial charge in [-0.2, -0.15) is 5.10 Å². The molecule has 2 heterocycles. The van der Waals surface area contributed by atoms with Crippen LogP contribution in [0.15, 0.2) is 30.5 Å². The molecule has 2 atom stereocenters. The van der Waals surface area contributed by atoms with Crippen LogP contribution in [0.1, 0.15) is 100 Å². The van der Waals surface area contributed by atoms with Crippen LogP contribution in [0, 0.1) is 23.6 Å². The van der Waals surface area contributed by atoms with E-state index in [1.165, 1.54) is 12.5 Å². The number of benzene rings is 1. The number of hydrogen-bond acceptors (Lipinski definition) is 6. The number of aromatic nitrogens is 2. The molecule has 292 valence electrons. The number of nitrogens with zero attached hydrogens (tertiary/aromatic N) is 3. The fourth-order valence-corrected chi connectivity index (χ4v) is 7.66. The predicted octanol–water partition coefficient (Wildman–Crippen LogP) is 6.10. The summed E-state index contributed by atoms with van der Waals surface area (Å²) in [4.78, 5) is 50.9. The Labute approximate surface area is 307 Å². The molecule has 1 saturated heterocycles. The molecule has 4 fully saturated rings. The molecule has 0 bridgehead atoms. The molecule has 2 unspecified atom stereocenters. The number of piperidine rings is 1. The van der Waals surface area contributed by atoms with Gasteiger partial charge in [-0.1, -0.05) is 19.4 Å². The Morgan fingerprint density at radius 1 is 0.962 bits per heavy atom. The van der Waals surface area contributed by atoms with Gasteiger partial charge in [-0.25, -0.2) is 22.0 Å². The number of rotatable bonds is 13. The van der Waals surface area contributed by atoms with Gasteiger partial charge in [0.15, 0.2) is 0 Å². The second-order valence-electron chi connectivity index (χ2n) is 15.0. The molecule has 3 aliphatic carbocycles. The largest absolute Gasteiger partial charge is 0.386 e. The van der Waals surface area contributed by atoms with Gasteiger partial charge in [-0.05, 0) is 87.0 Å². The summed E-state index contributed by atoms with van der Waals surface area (Å²) in [5, 5.41) is 12.5. The highest BCUT2D eigenvalue weighted by molar-refractivity contribution is 5.94. The van der Waals surface area contributed by atoms with Gasteiger partial charge in [0.2, 0.25) is 24.2 Å². The Balaban J connectivity index is 0.000000208. The van der Waals surface area contributed by atoms with Crippen LogP contribution in [-0.2, 0) is 26.3 Å². The van der Waals surface area contributed by atoms with E-state index < -0.39 is 41.6 Å². The van der Waals surface area contributed by atoms with E-state index in [1.807, 2.05) is 0 Å². The number of alkyl halides is 4. The second kappa shape index (κ2) is 17.4. The zero-order chi connectivity index (χ0) is 38.3. The van der Waals surface area contributed by atoms with E-state index in [0.717, 1.165) is 12.8 Å². The van der Waals surface area contributed by atoms with Crippen molar-refractivity contribution < 1.29 is 41.1 Å². The summed E-state index contributed by atoms with van der Waals surface area (Å²) in [6, 6.07) is 4.91. The Morgan fingerprint density at radius 2 is 1.64 bits per heavy atom. The van der Waals surface area contributed by atoms with E-state index in [2.05, 4.69) is 21.0 Å². The number of carbonyl (C=O) groups excluding carboxylic acids is 4. The lowest BCUT2D eigenvalue weighted by Crippen LogP contribution is -2.56. The summed E-state index contributed by atoms with van der Waals surface area (Å²) in [7, 11) is 1.63. The molecule has 0 spiro atoms. The quantitative estimate of drug-likeness (QED) is 0.168. The number of aldehydes is 1. The minimum absolute atomic E-state index is 0.223. The molecule has 0 radical (unpaired) electrons. The minimum Gasteiger partial charge on any atom is -0.386 e. The van der Waals surface area contributed by atoms with Crippen LogP contribution < -0.4 is 16.0 Å². The summed E-state index contributed by atoms with van der Waals surface area (Å²) in [6.07, 6.45) is 5.43. The summed E-state index contributed by atoms with van der Waals surface area (Å²) >= 11 is 0. The number of nitrogens with one attached hydrogen (secondary N) is 3. The van der Waals surface area contributed by atoms with Crippen molar-refractivity contribution >= 4 is 29.7 Å². The van der Waals surface area contributed by atoms with E-state index in [4.69, 9.17) is 0 Å². The predicted molar refractivity (Wildman–Crippen MR) is 188 cm³/mol. The van der Waals surface area contributed by atoms with E-state index in [-0.39, 0.29) is 81.7 Å². The van der Waals surface area contributed by atoms with E-state index in [1.54, 1.807) is 47.9 Å². The lowest BCUT2D eigenvalue weighted by molar-refractivity contribution is -0.139. The number of hydrogen-bond donors (Lipinski definition) is 3. The number of anilines is 1. The highest BCUT2D eigenvalue weighted by atomic mass is 19.3. The third-order valence-electron chi connectivity index (χ3n) is 11.6. The van der Waals surface area contributed by atoms with Gasteiger partial charge in [-0.15, -0.1) is 0 Å². The first-order valence-corrected chi connectivity index (χ1v) is 18.8. The zero-order valence-corrected chi connectivity index (χ0v) is 30.4. The van der Waals surface area contributed by atoms with Crippen molar-refractivity contribution in [3.05, 3.63) is 47.5 Å². The van der Waals surface area contributed by atoms with Gasteiger partial charge < -0.3 is 25.6 Å². The van der Waals surface area contributed by atoms with Crippen LogP contribution in [0.5, 0.6) is 0 Å². The highest BCUT2D eigenvalue weighted by Gasteiger charge is 2.55. The van der Waals surface area contributed by atoms with Crippen molar-refractivity contribution in [2.75, 3.05) is 25.5 Å². The molecule has 15 heteroatoms. The van der Waals surface area contributed by atoms with Gasteiger partial charge in [0.25, 0.3) is 5.91 Å². The van der Waals surface area contributed by atoms with Gasteiger partial charge in [0.1, 0.15) is 23.8 Å². The van der Waals surface area contributed by atoms with Crippen LogP contribution in [0.2, 0.25) is 0 Å². The Morgan fingerprint density at radius 3 is 2.17 bits per heavy atom. The standard InChI is InChI=1S/C21H28F3N3O2.C17H23F2N3O2/c1-3-17(28)26-18(20(29)27-10-6-13(7-11-27)19(23)24)21(8-9-21)14-4-5-16(25-2)15(22)12-14;18-17(19)7-4-13(5-8-17)14(11-23)21-16(24)15-6-9-20-22(15)10-12-2-1-3-12/h4-5,12-13,18-19,25H,3,6-11H2,1-2H3,(H,26,28);6,9,11-14H,1-5,7-8,10H2,(H,21,24). The summed E-state index contributed by atoms with van der Waals surface area (Å²) in [5.74, 6) is -4.31. The van der Waals surface area contributed by atoms with E-state index in [9.17, 15) is 41.1 Å². The van der Waals surface area contributed by atoms with Crippen molar-refractivity contribution in [2.24, 2.45) is 17.8 Å². The third-order valence-corrected chi connectivity index (χ3v) is 11.6. The maximum atomic E-state index is 14.4. The SMILES string of the molecule is CCC(=O)NC(C(=O)N1CCC(C(F)F)CC1)C1(c2ccc(NC)c(F)c2)CC1.O=CC(NC(=O)c1ccnn1CC1CCC1)C1CCC(F)(F)CC1. The lowest BCUT2D eigenvalue weighted by atomic mass is 9.82. The molecule has 1 aliphatic heterocycles. The van der Waals surface area contributed by atoms with Crippen molar-refractivity contribution in [1.29, 1.82) is 0 Å². The molecular formula is C38H51F5N6O4. The van der Waals surface area contributed by atoms with Crippen LogP contribution in [0.25, 0.3) is 0 Å². The molecule has 1 aromatic carbocycles. The van der Waals surface area contributed by atoms with E-state index >= 15 is 0 Å². The fraction of sp³-hybridized carbons (Fsp3) is 0.658. The van der Waals surface area contributed by atoms with Crippen LogP contribution in [0.3, 0.4) is 0 Å². The molecular weight excluding hydrogens is 699 g/mol.